The topological polar surface area (TPSA) is 102 Å². The van der Waals surface area contributed by atoms with Crippen LogP contribution in [0.2, 0.25) is 5.02 Å². The largest absolute Gasteiger partial charge is 0.289 e. The summed E-state index contributed by atoms with van der Waals surface area (Å²) in [5.41, 5.74) is 0.818. The number of anilines is 1. The fourth-order valence-electron chi connectivity index (χ4n) is 2.57. The minimum absolute atomic E-state index is 0.00976. The van der Waals surface area contributed by atoms with Crippen molar-refractivity contribution in [3.05, 3.63) is 74.4 Å². The van der Waals surface area contributed by atoms with E-state index in [4.69, 9.17) is 11.6 Å². The number of carbonyl (C=O) groups excluding carboxylic acids is 1. The van der Waals surface area contributed by atoms with Gasteiger partial charge in [0.25, 0.3) is 17.5 Å². The molecule has 0 spiro atoms. The minimum Gasteiger partial charge on any atom is -0.289 e. The Morgan fingerprint density at radius 1 is 1.25 bits per heavy atom. The highest BCUT2D eigenvalue weighted by molar-refractivity contribution is 7.15. The number of thiazole rings is 1. The van der Waals surface area contributed by atoms with E-state index in [1.54, 1.807) is 17.5 Å². The molecule has 0 bridgehead atoms. The van der Waals surface area contributed by atoms with Crippen LogP contribution in [0.1, 0.15) is 10.4 Å². The van der Waals surface area contributed by atoms with Crippen molar-refractivity contribution in [2.45, 2.75) is 0 Å². The van der Waals surface area contributed by atoms with Crippen molar-refractivity contribution < 1.29 is 14.1 Å². The van der Waals surface area contributed by atoms with Gasteiger partial charge >= 0.3 is 0 Å². The Labute approximate surface area is 165 Å². The zero-order chi connectivity index (χ0) is 19.8. The molecule has 28 heavy (non-hydrogen) atoms. The van der Waals surface area contributed by atoms with Crippen molar-refractivity contribution in [3.63, 3.8) is 0 Å². The van der Waals surface area contributed by atoms with Crippen molar-refractivity contribution in [1.29, 1.82) is 0 Å². The summed E-state index contributed by atoms with van der Waals surface area (Å²) in [7, 11) is 0. The van der Waals surface area contributed by atoms with Gasteiger partial charge < -0.3 is 0 Å². The fraction of sp³-hybridized carbons (Fsp3) is 0. The van der Waals surface area contributed by atoms with Gasteiger partial charge in [-0.3, -0.25) is 20.2 Å². The van der Waals surface area contributed by atoms with Crippen LogP contribution >= 0.6 is 22.9 Å². The third-order valence-corrected chi connectivity index (χ3v) is 4.90. The van der Waals surface area contributed by atoms with E-state index in [2.05, 4.69) is 15.4 Å². The predicted molar refractivity (Wildman–Crippen MR) is 102 cm³/mol. The maximum absolute atomic E-state index is 13.1. The van der Waals surface area contributed by atoms with Crippen LogP contribution in [0.3, 0.4) is 0 Å². The Morgan fingerprint density at radius 2 is 2.00 bits per heavy atom. The van der Waals surface area contributed by atoms with Crippen LogP contribution < -0.4 is 5.32 Å². The molecule has 8 nitrogen and oxygen atoms in total. The second-order valence-electron chi connectivity index (χ2n) is 5.63. The highest BCUT2D eigenvalue weighted by Gasteiger charge is 2.22. The quantitative estimate of drug-likeness (QED) is 0.391. The first kappa shape index (κ1) is 18.0. The molecule has 4 aromatic rings. The molecule has 0 aliphatic heterocycles. The molecule has 0 radical (unpaired) electrons. The van der Waals surface area contributed by atoms with E-state index in [-0.39, 0.29) is 22.4 Å². The van der Waals surface area contributed by atoms with Gasteiger partial charge in [0.15, 0.2) is 0 Å². The summed E-state index contributed by atoms with van der Waals surface area (Å²) in [5, 5.41) is 19.8. The average molecular weight is 418 g/mol. The number of nitro groups is 1. The lowest BCUT2D eigenvalue weighted by Gasteiger charge is -2.03. The molecule has 0 fully saturated rings. The van der Waals surface area contributed by atoms with Crippen LogP contribution in [0.15, 0.2) is 47.8 Å². The molecule has 2 aromatic heterocycles. The number of hydrogen-bond donors (Lipinski definition) is 1. The second kappa shape index (κ2) is 6.98. The number of nitro benzene ring substituents is 1. The van der Waals surface area contributed by atoms with Gasteiger partial charge in [-0.25, -0.2) is 8.91 Å². The molecule has 2 aromatic carbocycles. The Balaban J connectivity index is 1.65. The first-order valence-electron chi connectivity index (χ1n) is 7.78. The van der Waals surface area contributed by atoms with Crippen molar-refractivity contribution in [1.82, 2.24) is 14.6 Å². The van der Waals surface area contributed by atoms with E-state index < -0.39 is 16.5 Å². The van der Waals surface area contributed by atoms with E-state index in [1.165, 1.54) is 40.1 Å². The van der Waals surface area contributed by atoms with E-state index >= 15 is 0 Å². The Morgan fingerprint density at radius 3 is 2.71 bits per heavy atom. The summed E-state index contributed by atoms with van der Waals surface area (Å²) in [5.74, 6) is -1.10. The summed E-state index contributed by atoms with van der Waals surface area (Å²) in [6.07, 6.45) is 0. The van der Waals surface area contributed by atoms with Crippen LogP contribution in [0.4, 0.5) is 16.0 Å². The highest BCUT2D eigenvalue weighted by Crippen LogP contribution is 2.27. The maximum Gasteiger partial charge on any atom is 0.283 e. The standard InChI is InChI=1S/C17H9ClFN5O3S/c18-10-3-6-12(13(7-10)24(26)27)15(25)20-16-21-17-23(22-16)14(8-28-17)9-1-4-11(19)5-2-9/h1-8H,(H,20,22,25). The molecule has 140 valence electrons. The molecular weight excluding hydrogens is 409 g/mol. The summed E-state index contributed by atoms with van der Waals surface area (Å²) in [6.45, 7) is 0. The van der Waals surface area contributed by atoms with Crippen molar-refractivity contribution in [3.8, 4) is 11.3 Å². The number of hydrogen-bond acceptors (Lipinski definition) is 6. The summed E-state index contributed by atoms with van der Waals surface area (Å²) >= 11 is 7.05. The molecule has 0 aliphatic carbocycles. The second-order valence-corrected chi connectivity index (χ2v) is 6.90. The molecular formula is C17H9ClFN5O3S. The van der Waals surface area contributed by atoms with E-state index in [0.29, 0.717) is 10.7 Å². The molecule has 4 rings (SSSR count). The number of carbonyl (C=O) groups is 1. The van der Waals surface area contributed by atoms with Gasteiger partial charge in [-0.05, 0) is 36.4 Å². The van der Waals surface area contributed by atoms with Crippen LogP contribution in [-0.2, 0) is 0 Å². The zero-order valence-corrected chi connectivity index (χ0v) is 15.4. The molecule has 2 heterocycles. The Bertz CT molecular complexity index is 1220. The molecule has 0 atom stereocenters. The lowest BCUT2D eigenvalue weighted by atomic mass is 10.1. The Kier molecular flexibility index (Phi) is 4.49. The number of nitrogens with one attached hydrogen (secondary N) is 1. The first-order valence-corrected chi connectivity index (χ1v) is 9.03. The summed E-state index contributed by atoms with van der Waals surface area (Å²) < 4.78 is 14.6. The third-order valence-electron chi connectivity index (χ3n) is 3.85. The smallest absolute Gasteiger partial charge is 0.283 e. The lowest BCUT2D eigenvalue weighted by Crippen LogP contribution is -2.15. The van der Waals surface area contributed by atoms with Gasteiger partial charge in [-0.2, -0.15) is 4.98 Å². The van der Waals surface area contributed by atoms with Crippen LogP contribution in [0, 0.1) is 15.9 Å². The minimum atomic E-state index is -0.732. The van der Waals surface area contributed by atoms with Crippen molar-refractivity contribution >= 4 is 45.4 Å². The number of rotatable bonds is 4. The van der Waals surface area contributed by atoms with Crippen molar-refractivity contribution in [2.24, 2.45) is 0 Å². The van der Waals surface area contributed by atoms with E-state index in [0.717, 1.165) is 11.6 Å². The van der Waals surface area contributed by atoms with Gasteiger partial charge in [-0.15, -0.1) is 16.4 Å². The van der Waals surface area contributed by atoms with Gasteiger partial charge in [0.05, 0.1) is 10.6 Å². The van der Waals surface area contributed by atoms with Crippen LogP contribution in [0.25, 0.3) is 16.2 Å². The van der Waals surface area contributed by atoms with E-state index in [1.807, 2.05) is 0 Å². The van der Waals surface area contributed by atoms with Gasteiger partial charge in [0.1, 0.15) is 11.4 Å². The molecule has 0 saturated carbocycles. The predicted octanol–water partition coefficient (Wildman–Crippen LogP) is 4.41. The van der Waals surface area contributed by atoms with Crippen molar-refractivity contribution in [2.75, 3.05) is 5.32 Å². The summed E-state index contributed by atoms with van der Waals surface area (Å²) in [4.78, 5) is 27.6. The monoisotopic (exact) mass is 417 g/mol. The zero-order valence-electron chi connectivity index (χ0n) is 13.8. The summed E-state index contributed by atoms with van der Waals surface area (Å²) in [6, 6.07) is 9.62. The van der Waals surface area contributed by atoms with Gasteiger partial charge in [0, 0.05) is 22.0 Å². The average Bonchev–Trinajstić information content (AvgIpc) is 3.22. The highest BCUT2D eigenvalue weighted by atomic mass is 35.5. The number of amides is 1. The lowest BCUT2D eigenvalue weighted by molar-refractivity contribution is -0.385. The molecule has 0 aliphatic rings. The van der Waals surface area contributed by atoms with Gasteiger partial charge in [0.2, 0.25) is 4.96 Å². The number of halogens is 2. The maximum atomic E-state index is 13.1. The normalized spacial score (nSPS) is 10.9. The molecule has 11 heteroatoms. The first-order chi connectivity index (χ1) is 13.4. The van der Waals surface area contributed by atoms with Gasteiger partial charge in [-0.1, -0.05) is 11.6 Å². The third kappa shape index (κ3) is 3.30. The SMILES string of the molecule is O=C(Nc1nc2scc(-c3ccc(F)cc3)n2n1)c1ccc(Cl)cc1[N+](=O)[O-]. The number of aromatic nitrogens is 3. The Hall–Kier alpha value is -3.37. The van der Waals surface area contributed by atoms with E-state index in [9.17, 15) is 19.3 Å². The van der Waals surface area contributed by atoms with Crippen LogP contribution in [-0.4, -0.2) is 25.4 Å². The number of nitrogens with zero attached hydrogens (tertiary/aromatic N) is 4. The fourth-order valence-corrected chi connectivity index (χ4v) is 3.57. The van der Waals surface area contributed by atoms with Crippen LogP contribution in [0.5, 0.6) is 0 Å². The molecule has 0 unspecified atom stereocenters. The molecule has 1 amide bonds. The number of fused-ring (bicyclic) bond motifs is 1. The number of benzene rings is 2. The molecule has 0 saturated heterocycles. The molecule has 1 N–H and O–H groups in total.